The highest BCUT2D eigenvalue weighted by Crippen LogP contribution is 2.39. The standard InChI is InChI=1S/C60H42N8/c1-39-35-40(2)62-57(61-39)49-33-34-51(45-27-17-29-47(36-45)58-64-54(42-21-9-4-10-22-42)63-55(65-58)43-23-11-5-12-24-43)53(38-49)46-28-18-30-48(37-46)59-66-56(44-25-13-6-14-26-44)67-60(68-59)52-32-16-15-31-50(52)41-19-7-3-8-20-41/h3-38H,1-2H3. The van der Waals surface area contributed by atoms with Crippen LogP contribution in [0.3, 0.4) is 0 Å². The van der Waals surface area contributed by atoms with Crippen LogP contribution in [0, 0.1) is 13.8 Å². The Balaban J connectivity index is 1.07. The number of aromatic nitrogens is 8. The van der Waals surface area contributed by atoms with Gasteiger partial charge in [0.1, 0.15) is 0 Å². The van der Waals surface area contributed by atoms with E-state index in [1.807, 2.05) is 141 Å². The SMILES string of the molecule is Cc1cc(C)nc(-c2ccc(-c3cccc(-c4nc(-c5ccccc5)nc(-c5ccccc5)n4)c3)c(-c3cccc(-c4nc(-c5ccccc5)nc(-c5ccccc5-c5ccccc5)n4)c3)c2)n1. The lowest BCUT2D eigenvalue weighted by atomic mass is 9.91. The van der Waals surface area contributed by atoms with Crippen LogP contribution >= 0.6 is 0 Å². The lowest BCUT2D eigenvalue weighted by Crippen LogP contribution is -2.01. The first-order valence-electron chi connectivity index (χ1n) is 22.5. The summed E-state index contributed by atoms with van der Waals surface area (Å²) in [6, 6.07) is 74.0. The Bertz CT molecular complexity index is 3500. The molecule has 0 unspecified atom stereocenters. The van der Waals surface area contributed by atoms with Crippen molar-refractivity contribution in [3.8, 4) is 113 Å². The summed E-state index contributed by atoms with van der Waals surface area (Å²) in [6.45, 7) is 4.00. The van der Waals surface area contributed by atoms with E-state index in [0.29, 0.717) is 40.8 Å². The van der Waals surface area contributed by atoms with Crippen LogP contribution in [0.5, 0.6) is 0 Å². The Morgan fingerprint density at radius 1 is 0.191 bits per heavy atom. The summed E-state index contributed by atoms with van der Waals surface area (Å²) in [5.41, 5.74) is 14.2. The van der Waals surface area contributed by atoms with E-state index in [-0.39, 0.29) is 0 Å². The van der Waals surface area contributed by atoms with Gasteiger partial charge in [0.15, 0.2) is 40.8 Å². The summed E-state index contributed by atoms with van der Waals surface area (Å²) in [7, 11) is 0. The van der Waals surface area contributed by atoms with Crippen molar-refractivity contribution in [1.29, 1.82) is 0 Å². The van der Waals surface area contributed by atoms with Crippen LogP contribution < -0.4 is 0 Å². The maximum absolute atomic E-state index is 5.23. The number of hydrogen-bond acceptors (Lipinski definition) is 8. The molecule has 8 aromatic carbocycles. The molecule has 322 valence electrons. The molecule has 0 aliphatic carbocycles. The van der Waals surface area contributed by atoms with E-state index in [1.165, 1.54) is 0 Å². The second-order valence-corrected chi connectivity index (χ2v) is 16.5. The smallest absolute Gasteiger partial charge is 0.164 e. The van der Waals surface area contributed by atoms with Gasteiger partial charge in [0, 0.05) is 50.3 Å². The quantitative estimate of drug-likeness (QED) is 0.134. The average Bonchev–Trinajstić information content (AvgIpc) is 3.41. The van der Waals surface area contributed by atoms with Gasteiger partial charge >= 0.3 is 0 Å². The fourth-order valence-electron chi connectivity index (χ4n) is 8.51. The van der Waals surface area contributed by atoms with Gasteiger partial charge in [0.05, 0.1) is 0 Å². The van der Waals surface area contributed by atoms with E-state index in [4.69, 9.17) is 39.9 Å². The summed E-state index contributed by atoms with van der Waals surface area (Å²) in [5.74, 6) is 4.21. The molecule has 0 amide bonds. The summed E-state index contributed by atoms with van der Waals surface area (Å²) < 4.78 is 0. The topological polar surface area (TPSA) is 103 Å². The fraction of sp³-hybridized carbons (Fsp3) is 0.0333. The van der Waals surface area contributed by atoms with Crippen molar-refractivity contribution in [2.75, 3.05) is 0 Å². The summed E-state index contributed by atoms with van der Waals surface area (Å²) in [5, 5.41) is 0. The van der Waals surface area contributed by atoms with Crippen molar-refractivity contribution >= 4 is 0 Å². The molecule has 0 fully saturated rings. The molecular formula is C60H42N8. The van der Waals surface area contributed by atoms with Gasteiger partial charge in [-0.1, -0.05) is 194 Å². The van der Waals surface area contributed by atoms with Crippen LogP contribution in [0.25, 0.3) is 113 Å². The molecule has 3 aromatic heterocycles. The van der Waals surface area contributed by atoms with Crippen molar-refractivity contribution < 1.29 is 0 Å². The Hall–Kier alpha value is -9.14. The summed E-state index contributed by atoms with van der Waals surface area (Å²) in [6.07, 6.45) is 0. The zero-order chi connectivity index (χ0) is 45.8. The van der Waals surface area contributed by atoms with E-state index < -0.39 is 0 Å². The Labute approximate surface area is 394 Å². The van der Waals surface area contributed by atoms with Crippen molar-refractivity contribution in [3.05, 3.63) is 230 Å². The average molecular weight is 875 g/mol. The number of benzene rings is 8. The van der Waals surface area contributed by atoms with Crippen LogP contribution in [0.15, 0.2) is 218 Å². The lowest BCUT2D eigenvalue weighted by molar-refractivity contribution is 1.06. The van der Waals surface area contributed by atoms with Gasteiger partial charge in [0.25, 0.3) is 0 Å². The first-order chi connectivity index (χ1) is 33.5. The van der Waals surface area contributed by atoms with Crippen LogP contribution in [0.2, 0.25) is 0 Å². The summed E-state index contributed by atoms with van der Waals surface area (Å²) >= 11 is 0. The molecule has 0 aliphatic rings. The van der Waals surface area contributed by atoms with Crippen molar-refractivity contribution in [2.24, 2.45) is 0 Å². The highest BCUT2D eigenvalue weighted by atomic mass is 15.0. The van der Waals surface area contributed by atoms with Crippen LogP contribution in [0.4, 0.5) is 0 Å². The molecular weight excluding hydrogens is 833 g/mol. The van der Waals surface area contributed by atoms with E-state index in [0.717, 1.165) is 83.7 Å². The number of aryl methyl sites for hydroxylation is 2. The Morgan fingerprint density at radius 2 is 0.515 bits per heavy atom. The van der Waals surface area contributed by atoms with E-state index >= 15 is 0 Å². The largest absolute Gasteiger partial charge is 0.233 e. The van der Waals surface area contributed by atoms with Gasteiger partial charge in [0.2, 0.25) is 0 Å². The molecule has 0 aliphatic heterocycles. The predicted molar refractivity (Wildman–Crippen MR) is 273 cm³/mol. The molecule has 11 rings (SSSR count). The minimum absolute atomic E-state index is 0.564. The minimum atomic E-state index is 0.564. The second-order valence-electron chi connectivity index (χ2n) is 16.5. The van der Waals surface area contributed by atoms with Gasteiger partial charge in [-0.15, -0.1) is 0 Å². The monoisotopic (exact) mass is 874 g/mol. The molecule has 0 spiro atoms. The van der Waals surface area contributed by atoms with Crippen LogP contribution in [0.1, 0.15) is 11.4 Å². The highest BCUT2D eigenvalue weighted by Gasteiger charge is 2.19. The summed E-state index contributed by atoms with van der Waals surface area (Å²) in [4.78, 5) is 40.3. The highest BCUT2D eigenvalue weighted by molar-refractivity contribution is 5.89. The zero-order valence-corrected chi connectivity index (χ0v) is 37.4. The first-order valence-corrected chi connectivity index (χ1v) is 22.5. The maximum Gasteiger partial charge on any atom is 0.164 e. The number of nitrogens with zero attached hydrogens (tertiary/aromatic N) is 8. The molecule has 3 heterocycles. The molecule has 0 saturated heterocycles. The molecule has 8 heteroatoms. The Kier molecular flexibility index (Phi) is 11.2. The second kappa shape index (κ2) is 18.4. The molecule has 0 N–H and O–H groups in total. The number of rotatable bonds is 10. The van der Waals surface area contributed by atoms with Gasteiger partial charge in [-0.25, -0.2) is 39.9 Å². The van der Waals surface area contributed by atoms with E-state index in [2.05, 4.69) is 91.0 Å². The zero-order valence-electron chi connectivity index (χ0n) is 37.4. The van der Waals surface area contributed by atoms with Crippen molar-refractivity contribution in [3.63, 3.8) is 0 Å². The normalized spacial score (nSPS) is 11.1. The molecule has 0 atom stereocenters. The Morgan fingerprint density at radius 3 is 1.00 bits per heavy atom. The van der Waals surface area contributed by atoms with Crippen molar-refractivity contribution in [1.82, 2.24) is 39.9 Å². The molecule has 11 aromatic rings. The van der Waals surface area contributed by atoms with Gasteiger partial charge in [-0.3, -0.25) is 0 Å². The molecule has 0 saturated carbocycles. The van der Waals surface area contributed by atoms with Gasteiger partial charge < -0.3 is 0 Å². The lowest BCUT2D eigenvalue weighted by Gasteiger charge is -2.15. The fourth-order valence-corrected chi connectivity index (χ4v) is 8.51. The van der Waals surface area contributed by atoms with E-state index in [1.54, 1.807) is 0 Å². The minimum Gasteiger partial charge on any atom is -0.233 e. The first kappa shape index (κ1) is 41.6. The van der Waals surface area contributed by atoms with E-state index in [9.17, 15) is 0 Å². The van der Waals surface area contributed by atoms with Crippen molar-refractivity contribution in [2.45, 2.75) is 13.8 Å². The predicted octanol–water partition coefficient (Wildman–Crippen LogP) is 14.1. The third-order valence-electron chi connectivity index (χ3n) is 11.7. The van der Waals surface area contributed by atoms with Gasteiger partial charge in [-0.2, -0.15) is 0 Å². The third-order valence-corrected chi connectivity index (χ3v) is 11.7. The molecule has 0 radical (unpaired) electrons. The van der Waals surface area contributed by atoms with Gasteiger partial charge in [-0.05, 0) is 71.5 Å². The van der Waals surface area contributed by atoms with Crippen LogP contribution in [-0.2, 0) is 0 Å². The maximum atomic E-state index is 5.23. The molecule has 0 bridgehead atoms. The number of hydrogen-bond donors (Lipinski definition) is 0. The molecule has 8 nitrogen and oxygen atoms in total. The van der Waals surface area contributed by atoms with Crippen LogP contribution in [-0.4, -0.2) is 39.9 Å². The third kappa shape index (κ3) is 8.69. The molecule has 68 heavy (non-hydrogen) atoms.